The van der Waals surface area contributed by atoms with Crippen LogP contribution in [0.5, 0.6) is 0 Å². The van der Waals surface area contributed by atoms with Crippen molar-refractivity contribution in [2.24, 2.45) is 0 Å². The summed E-state index contributed by atoms with van der Waals surface area (Å²) < 4.78 is 0.794. The van der Waals surface area contributed by atoms with Crippen molar-refractivity contribution in [3.63, 3.8) is 0 Å². The number of anilines is 1. The summed E-state index contributed by atoms with van der Waals surface area (Å²) in [5.41, 5.74) is 7.49. The van der Waals surface area contributed by atoms with Crippen LogP contribution in [0.25, 0.3) is 0 Å². The Bertz CT molecular complexity index is 537. The number of ketones is 1. The van der Waals surface area contributed by atoms with Gasteiger partial charge in [-0.05, 0) is 24.3 Å². The lowest BCUT2D eigenvalue weighted by Gasteiger charge is -2.04. The Hall–Kier alpha value is -1.61. The highest BCUT2D eigenvalue weighted by Crippen LogP contribution is 2.20. The van der Waals surface area contributed by atoms with Crippen LogP contribution in [0.1, 0.15) is 15.9 Å². The normalized spacial score (nSPS) is 10.1. The molecule has 2 aromatic rings. The van der Waals surface area contributed by atoms with Crippen LogP contribution >= 0.6 is 15.9 Å². The third-order valence-corrected chi connectivity index (χ3v) is 2.96. The molecule has 0 amide bonds. The van der Waals surface area contributed by atoms with E-state index in [1.165, 1.54) is 0 Å². The SMILES string of the molecule is Nc1cccc(C(=O)c2ccccc2Br)c1. The Morgan fingerprint density at radius 2 is 1.81 bits per heavy atom. The zero-order chi connectivity index (χ0) is 11.5. The second kappa shape index (κ2) is 4.49. The average molecular weight is 276 g/mol. The summed E-state index contributed by atoms with van der Waals surface area (Å²) >= 11 is 3.36. The number of nitrogens with two attached hydrogens (primary N) is 1. The highest BCUT2D eigenvalue weighted by molar-refractivity contribution is 9.10. The summed E-state index contributed by atoms with van der Waals surface area (Å²) in [5.74, 6) is -0.0280. The summed E-state index contributed by atoms with van der Waals surface area (Å²) in [4.78, 5) is 12.1. The molecule has 0 aromatic heterocycles. The molecule has 0 aliphatic heterocycles. The van der Waals surface area contributed by atoms with E-state index < -0.39 is 0 Å². The van der Waals surface area contributed by atoms with Crippen molar-refractivity contribution in [1.82, 2.24) is 0 Å². The van der Waals surface area contributed by atoms with E-state index in [0.717, 1.165) is 4.47 Å². The number of rotatable bonds is 2. The van der Waals surface area contributed by atoms with Crippen LogP contribution in [0.15, 0.2) is 53.0 Å². The zero-order valence-electron chi connectivity index (χ0n) is 8.48. The first-order chi connectivity index (χ1) is 7.68. The molecule has 0 spiro atoms. The molecule has 2 nitrogen and oxygen atoms in total. The van der Waals surface area contributed by atoms with Crippen LogP contribution < -0.4 is 5.73 Å². The summed E-state index contributed by atoms with van der Waals surface area (Å²) in [5, 5.41) is 0. The molecule has 0 saturated carbocycles. The van der Waals surface area contributed by atoms with Gasteiger partial charge in [-0.25, -0.2) is 0 Å². The molecule has 0 fully saturated rings. The number of benzene rings is 2. The number of nitrogen functional groups attached to an aromatic ring is 1. The van der Waals surface area contributed by atoms with E-state index in [0.29, 0.717) is 16.8 Å². The molecule has 0 saturated heterocycles. The minimum Gasteiger partial charge on any atom is -0.399 e. The molecule has 0 bridgehead atoms. The molecule has 0 atom stereocenters. The quantitative estimate of drug-likeness (QED) is 0.675. The van der Waals surface area contributed by atoms with E-state index in [9.17, 15) is 4.79 Å². The van der Waals surface area contributed by atoms with Crippen molar-refractivity contribution in [2.75, 3.05) is 5.73 Å². The lowest BCUT2D eigenvalue weighted by Crippen LogP contribution is -2.02. The number of carbonyl (C=O) groups is 1. The van der Waals surface area contributed by atoms with Crippen LogP contribution in [0.3, 0.4) is 0 Å². The van der Waals surface area contributed by atoms with Gasteiger partial charge < -0.3 is 5.73 Å². The van der Waals surface area contributed by atoms with Crippen LogP contribution in [-0.4, -0.2) is 5.78 Å². The Labute approximate surface area is 102 Å². The van der Waals surface area contributed by atoms with Crippen molar-refractivity contribution >= 4 is 27.4 Å². The highest BCUT2D eigenvalue weighted by atomic mass is 79.9. The molecular formula is C13H10BrNO. The van der Waals surface area contributed by atoms with Crippen molar-refractivity contribution < 1.29 is 4.79 Å². The molecule has 0 aliphatic carbocycles. The van der Waals surface area contributed by atoms with E-state index in [2.05, 4.69) is 15.9 Å². The van der Waals surface area contributed by atoms with E-state index >= 15 is 0 Å². The van der Waals surface area contributed by atoms with Crippen LogP contribution in [0.2, 0.25) is 0 Å². The van der Waals surface area contributed by atoms with Gasteiger partial charge in [-0.3, -0.25) is 4.79 Å². The van der Waals surface area contributed by atoms with Crippen molar-refractivity contribution in [3.8, 4) is 0 Å². The zero-order valence-corrected chi connectivity index (χ0v) is 10.1. The van der Waals surface area contributed by atoms with E-state index in [1.54, 1.807) is 30.3 Å². The molecule has 2 aromatic carbocycles. The van der Waals surface area contributed by atoms with Gasteiger partial charge in [-0.15, -0.1) is 0 Å². The van der Waals surface area contributed by atoms with Crippen molar-refractivity contribution in [1.29, 1.82) is 0 Å². The van der Waals surface area contributed by atoms with E-state index in [-0.39, 0.29) is 5.78 Å². The van der Waals surface area contributed by atoms with Gasteiger partial charge in [0.2, 0.25) is 0 Å². The summed E-state index contributed by atoms with van der Waals surface area (Å²) in [7, 11) is 0. The van der Waals surface area contributed by atoms with Crippen LogP contribution in [0, 0.1) is 0 Å². The summed E-state index contributed by atoms with van der Waals surface area (Å²) in [6, 6.07) is 14.3. The fourth-order valence-electron chi connectivity index (χ4n) is 1.48. The minimum atomic E-state index is -0.0280. The molecule has 3 heteroatoms. The first kappa shape index (κ1) is 10.9. The van der Waals surface area contributed by atoms with E-state index in [4.69, 9.17) is 5.73 Å². The van der Waals surface area contributed by atoms with Gasteiger partial charge >= 0.3 is 0 Å². The first-order valence-electron chi connectivity index (χ1n) is 4.83. The predicted molar refractivity (Wildman–Crippen MR) is 68.4 cm³/mol. The molecule has 80 valence electrons. The Balaban J connectivity index is 2.44. The molecule has 0 unspecified atom stereocenters. The first-order valence-corrected chi connectivity index (χ1v) is 5.62. The van der Waals surface area contributed by atoms with Gasteiger partial charge in [0, 0.05) is 21.3 Å². The maximum Gasteiger partial charge on any atom is 0.194 e. The third-order valence-electron chi connectivity index (χ3n) is 2.27. The van der Waals surface area contributed by atoms with Gasteiger partial charge in [-0.1, -0.05) is 40.2 Å². The highest BCUT2D eigenvalue weighted by Gasteiger charge is 2.11. The summed E-state index contributed by atoms with van der Waals surface area (Å²) in [6.07, 6.45) is 0. The Kier molecular flexibility index (Phi) is 3.06. The van der Waals surface area contributed by atoms with Crippen LogP contribution in [-0.2, 0) is 0 Å². The second-order valence-corrected chi connectivity index (χ2v) is 4.29. The molecule has 0 radical (unpaired) electrons. The monoisotopic (exact) mass is 275 g/mol. The maximum absolute atomic E-state index is 12.1. The Morgan fingerprint density at radius 1 is 1.06 bits per heavy atom. The number of carbonyl (C=O) groups excluding carboxylic acids is 1. The molecule has 2 rings (SSSR count). The fraction of sp³-hybridized carbons (Fsp3) is 0. The molecule has 16 heavy (non-hydrogen) atoms. The van der Waals surface area contributed by atoms with Crippen molar-refractivity contribution in [2.45, 2.75) is 0 Å². The second-order valence-electron chi connectivity index (χ2n) is 3.43. The lowest BCUT2D eigenvalue weighted by molar-refractivity contribution is 0.103. The van der Waals surface area contributed by atoms with Gasteiger partial charge in [0.05, 0.1) is 0 Å². The predicted octanol–water partition coefficient (Wildman–Crippen LogP) is 3.26. The summed E-state index contributed by atoms with van der Waals surface area (Å²) in [6.45, 7) is 0. The van der Waals surface area contributed by atoms with Gasteiger partial charge in [-0.2, -0.15) is 0 Å². The minimum absolute atomic E-state index is 0.0280. The van der Waals surface area contributed by atoms with Gasteiger partial charge in [0.25, 0.3) is 0 Å². The third kappa shape index (κ3) is 2.14. The molecule has 0 aliphatic rings. The van der Waals surface area contributed by atoms with Gasteiger partial charge in [0.1, 0.15) is 0 Å². The van der Waals surface area contributed by atoms with E-state index in [1.807, 2.05) is 18.2 Å². The number of hydrogen-bond donors (Lipinski definition) is 1. The maximum atomic E-state index is 12.1. The lowest BCUT2D eigenvalue weighted by atomic mass is 10.0. The number of halogens is 1. The molecule has 0 heterocycles. The smallest absolute Gasteiger partial charge is 0.194 e. The molecular weight excluding hydrogens is 266 g/mol. The van der Waals surface area contributed by atoms with Crippen molar-refractivity contribution in [3.05, 3.63) is 64.1 Å². The topological polar surface area (TPSA) is 43.1 Å². The molecule has 2 N–H and O–H groups in total. The Morgan fingerprint density at radius 3 is 2.50 bits per heavy atom. The fourth-order valence-corrected chi connectivity index (χ4v) is 1.95. The average Bonchev–Trinajstić information content (AvgIpc) is 2.29. The van der Waals surface area contributed by atoms with Crippen LogP contribution in [0.4, 0.5) is 5.69 Å². The number of hydrogen-bond acceptors (Lipinski definition) is 2. The largest absolute Gasteiger partial charge is 0.399 e. The van der Waals surface area contributed by atoms with Gasteiger partial charge in [0.15, 0.2) is 5.78 Å². The standard InChI is InChI=1S/C13H10BrNO/c14-12-7-2-1-6-11(12)13(16)9-4-3-5-10(15)8-9/h1-8H,15H2.